The number of Topliss-reactive ketones (excluding diaryl/α,β-unsaturated/α-hetero) is 1. The van der Waals surface area contributed by atoms with Crippen molar-refractivity contribution in [3.63, 3.8) is 0 Å². The second-order valence-electron chi connectivity index (χ2n) is 5.66. The average molecular weight is 320 g/mol. The van der Waals surface area contributed by atoms with Gasteiger partial charge in [0.1, 0.15) is 0 Å². The Morgan fingerprint density at radius 3 is 2.59 bits per heavy atom. The second-order valence-corrected chi connectivity index (χ2v) is 6.05. The molecule has 6 heteroatoms. The minimum absolute atomic E-state index is 0.0463. The number of rotatable bonds is 2. The molecule has 2 fully saturated rings. The molecular formula is C16H20N2O3S. The smallest absolute Gasteiger partial charge is 0.173 e. The first-order chi connectivity index (χ1) is 10.6. The van der Waals surface area contributed by atoms with E-state index in [-0.39, 0.29) is 11.6 Å². The third-order valence-electron chi connectivity index (χ3n) is 4.15. The number of benzene rings is 1. The maximum Gasteiger partial charge on any atom is 0.173 e. The molecule has 2 aliphatic rings. The summed E-state index contributed by atoms with van der Waals surface area (Å²) in [5.74, 6) is -0.342. The van der Waals surface area contributed by atoms with E-state index in [1.54, 1.807) is 13.0 Å². The quantitative estimate of drug-likeness (QED) is 0.667. The van der Waals surface area contributed by atoms with Gasteiger partial charge in [-0.05, 0) is 31.3 Å². The molecule has 1 spiro atoms. The van der Waals surface area contributed by atoms with Crippen LogP contribution >= 0.6 is 12.2 Å². The molecule has 2 heterocycles. The normalized spacial score (nSPS) is 20.1. The van der Waals surface area contributed by atoms with Crippen LogP contribution in [0.1, 0.15) is 30.1 Å². The van der Waals surface area contributed by atoms with Crippen molar-refractivity contribution in [2.75, 3.05) is 31.6 Å². The molecule has 0 bridgehead atoms. The fraction of sp³-hybridized carbons (Fsp3) is 0.500. The van der Waals surface area contributed by atoms with Gasteiger partial charge in [0, 0.05) is 37.2 Å². The van der Waals surface area contributed by atoms with Crippen LogP contribution in [0.15, 0.2) is 24.3 Å². The van der Waals surface area contributed by atoms with Gasteiger partial charge in [0.05, 0.1) is 13.2 Å². The van der Waals surface area contributed by atoms with Crippen molar-refractivity contribution in [3.8, 4) is 0 Å². The largest absolute Gasteiger partial charge is 0.349 e. The van der Waals surface area contributed by atoms with E-state index < -0.39 is 0 Å². The zero-order chi connectivity index (χ0) is 15.6. The summed E-state index contributed by atoms with van der Waals surface area (Å²) in [6.45, 7) is 4.53. The highest BCUT2D eigenvalue weighted by molar-refractivity contribution is 7.80. The minimum Gasteiger partial charge on any atom is -0.349 e. The Kier molecular flexibility index (Phi) is 4.42. The zero-order valence-electron chi connectivity index (χ0n) is 12.6. The molecule has 1 aromatic carbocycles. The maximum absolute atomic E-state index is 11.4. The fourth-order valence-electron chi connectivity index (χ4n) is 2.85. The molecule has 2 aliphatic heterocycles. The molecule has 0 radical (unpaired) electrons. The Balaban J connectivity index is 1.58. The molecule has 0 atom stereocenters. The number of nitrogens with one attached hydrogen (secondary N) is 1. The van der Waals surface area contributed by atoms with E-state index >= 15 is 0 Å². The Morgan fingerprint density at radius 1 is 1.27 bits per heavy atom. The van der Waals surface area contributed by atoms with Crippen LogP contribution in [0.5, 0.6) is 0 Å². The molecule has 0 aromatic heterocycles. The van der Waals surface area contributed by atoms with Crippen molar-refractivity contribution in [1.29, 1.82) is 0 Å². The number of ketones is 1. The van der Waals surface area contributed by atoms with Gasteiger partial charge >= 0.3 is 0 Å². The first-order valence-corrected chi connectivity index (χ1v) is 7.94. The van der Waals surface area contributed by atoms with Crippen LogP contribution in [0.25, 0.3) is 0 Å². The summed E-state index contributed by atoms with van der Waals surface area (Å²) in [6.07, 6.45) is 1.64. The topological polar surface area (TPSA) is 50.8 Å². The highest BCUT2D eigenvalue weighted by atomic mass is 32.1. The van der Waals surface area contributed by atoms with E-state index in [4.69, 9.17) is 21.7 Å². The lowest BCUT2D eigenvalue weighted by molar-refractivity contribution is -0.180. The Hall–Kier alpha value is -1.50. The monoisotopic (exact) mass is 320 g/mol. The summed E-state index contributed by atoms with van der Waals surface area (Å²) in [4.78, 5) is 13.5. The Labute approximate surface area is 135 Å². The molecule has 1 aromatic rings. The summed E-state index contributed by atoms with van der Waals surface area (Å²) in [6, 6.07) is 7.39. The van der Waals surface area contributed by atoms with Crippen LogP contribution in [0.2, 0.25) is 0 Å². The number of anilines is 1. The molecule has 0 unspecified atom stereocenters. The number of likely N-dealkylation sites (tertiary alicyclic amines) is 1. The number of hydrogen-bond donors (Lipinski definition) is 1. The van der Waals surface area contributed by atoms with Crippen molar-refractivity contribution in [1.82, 2.24) is 4.90 Å². The van der Waals surface area contributed by atoms with Crippen LogP contribution in [-0.2, 0) is 9.47 Å². The van der Waals surface area contributed by atoms with Gasteiger partial charge in [-0.2, -0.15) is 0 Å². The first-order valence-electron chi connectivity index (χ1n) is 7.53. The lowest BCUT2D eigenvalue weighted by atomic mass is 10.0. The molecular weight excluding hydrogens is 300 g/mol. The highest BCUT2D eigenvalue weighted by Gasteiger charge is 2.40. The number of hydrogen-bond acceptors (Lipinski definition) is 4. The van der Waals surface area contributed by atoms with Crippen LogP contribution in [-0.4, -0.2) is 47.9 Å². The standard InChI is InChI=1S/C16H20N2O3S/c1-12(19)13-3-2-4-14(11-13)17-15(22)18-7-5-16(6-8-18)20-9-10-21-16/h2-4,11H,5-10H2,1H3,(H,17,22). The van der Waals surface area contributed by atoms with Crippen LogP contribution in [0.3, 0.4) is 0 Å². The Morgan fingerprint density at radius 2 is 1.95 bits per heavy atom. The number of nitrogens with zero attached hydrogens (tertiary/aromatic N) is 1. The summed E-state index contributed by atoms with van der Waals surface area (Å²) < 4.78 is 11.4. The minimum atomic E-state index is -0.388. The molecule has 0 amide bonds. The van der Waals surface area contributed by atoms with Gasteiger partial charge in [0.2, 0.25) is 0 Å². The second kappa shape index (κ2) is 6.32. The molecule has 5 nitrogen and oxygen atoms in total. The van der Waals surface area contributed by atoms with Gasteiger partial charge in [-0.1, -0.05) is 12.1 Å². The zero-order valence-corrected chi connectivity index (χ0v) is 13.4. The predicted octanol–water partition coefficient (Wildman–Crippen LogP) is 2.42. The predicted molar refractivity (Wildman–Crippen MR) is 88.1 cm³/mol. The summed E-state index contributed by atoms with van der Waals surface area (Å²) in [7, 11) is 0. The third kappa shape index (κ3) is 3.29. The number of carbonyl (C=O) groups is 1. The number of carbonyl (C=O) groups excluding carboxylic acids is 1. The van der Waals surface area contributed by atoms with Gasteiger partial charge in [0.25, 0.3) is 0 Å². The number of ether oxygens (including phenoxy) is 2. The number of thiocarbonyl (C=S) groups is 1. The van der Waals surface area contributed by atoms with E-state index in [1.165, 1.54) is 0 Å². The van der Waals surface area contributed by atoms with Crippen LogP contribution in [0, 0.1) is 0 Å². The maximum atomic E-state index is 11.4. The van der Waals surface area contributed by atoms with Crippen molar-refractivity contribution in [2.24, 2.45) is 0 Å². The highest BCUT2D eigenvalue weighted by Crippen LogP contribution is 2.31. The van der Waals surface area contributed by atoms with Crippen molar-refractivity contribution in [2.45, 2.75) is 25.6 Å². The van der Waals surface area contributed by atoms with Gasteiger partial charge in [-0.15, -0.1) is 0 Å². The fourth-order valence-corrected chi connectivity index (χ4v) is 3.16. The van der Waals surface area contributed by atoms with Crippen LogP contribution < -0.4 is 5.32 Å². The lowest BCUT2D eigenvalue weighted by Crippen LogP contribution is -2.48. The van der Waals surface area contributed by atoms with E-state index in [1.807, 2.05) is 18.2 Å². The first kappa shape index (κ1) is 15.4. The summed E-state index contributed by atoms with van der Waals surface area (Å²) in [5, 5.41) is 3.88. The van der Waals surface area contributed by atoms with Gasteiger partial charge < -0.3 is 19.7 Å². The van der Waals surface area contributed by atoms with Crippen molar-refractivity contribution < 1.29 is 14.3 Å². The van der Waals surface area contributed by atoms with Crippen LogP contribution in [0.4, 0.5) is 5.69 Å². The molecule has 3 rings (SSSR count). The van der Waals surface area contributed by atoms with Gasteiger partial charge in [0.15, 0.2) is 16.7 Å². The molecule has 0 saturated carbocycles. The Bertz CT molecular complexity index is 575. The molecule has 1 N–H and O–H groups in total. The van der Waals surface area contributed by atoms with E-state index in [0.29, 0.717) is 23.9 Å². The van der Waals surface area contributed by atoms with Crippen molar-refractivity contribution in [3.05, 3.63) is 29.8 Å². The van der Waals surface area contributed by atoms with Gasteiger partial charge in [-0.3, -0.25) is 4.79 Å². The molecule has 2 saturated heterocycles. The third-order valence-corrected chi connectivity index (χ3v) is 4.51. The molecule has 0 aliphatic carbocycles. The summed E-state index contributed by atoms with van der Waals surface area (Å²) >= 11 is 5.48. The van der Waals surface area contributed by atoms with E-state index in [9.17, 15) is 4.79 Å². The lowest BCUT2D eigenvalue weighted by Gasteiger charge is -2.38. The van der Waals surface area contributed by atoms with E-state index in [2.05, 4.69) is 10.2 Å². The molecule has 22 heavy (non-hydrogen) atoms. The summed E-state index contributed by atoms with van der Waals surface area (Å²) in [5.41, 5.74) is 1.52. The SMILES string of the molecule is CC(=O)c1cccc(NC(=S)N2CCC3(CC2)OCCO3)c1. The molecule has 118 valence electrons. The van der Waals surface area contributed by atoms with Crippen molar-refractivity contribution >= 4 is 28.8 Å². The van der Waals surface area contributed by atoms with E-state index in [0.717, 1.165) is 31.6 Å². The average Bonchev–Trinajstić information content (AvgIpc) is 2.96. The van der Waals surface area contributed by atoms with Gasteiger partial charge in [-0.25, -0.2) is 0 Å². The number of piperidine rings is 1.